The van der Waals surface area contributed by atoms with Crippen LogP contribution in [0.2, 0.25) is 0 Å². The minimum atomic E-state index is -0.115. The largest absolute Gasteiger partial charge is 0.347 e. The molecule has 6 heteroatoms. The van der Waals surface area contributed by atoms with Crippen molar-refractivity contribution in [3.05, 3.63) is 47.5 Å². The van der Waals surface area contributed by atoms with E-state index < -0.39 is 0 Å². The van der Waals surface area contributed by atoms with Crippen LogP contribution in [-0.2, 0) is 24.3 Å². The number of hydrogen-bond donors (Lipinski definition) is 1. The van der Waals surface area contributed by atoms with E-state index in [0.29, 0.717) is 12.6 Å². The third-order valence-electron chi connectivity index (χ3n) is 6.09. The van der Waals surface area contributed by atoms with E-state index in [9.17, 15) is 4.79 Å². The van der Waals surface area contributed by atoms with Crippen LogP contribution in [0.5, 0.6) is 0 Å². The zero-order valence-corrected chi connectivity index (χ0v) is 16.1. The number of aromatic nitrogens is 3. The SMILES string of the molecule is CCN1Cc2ccccc2C[C@@H]1C(=O)NCc1nncn1C1CCCCC1. The van der Waals surface area contributed by atoms with Crippen molar-refractivity contribution in [2.24, 2.45) is 0 Å². The summed E-state index contributed by atoms with van der Waals surface area (Å²) in [5, 5.41) is 11.5. The fourth-order valence-corrected chi connectivity index (χ4v) is 4.51. The van der Waals surface area contributed by atoms with Crippen LogP contribution in [-0.4, -0.2) is 38.2 Å². The number of hydrogen-bond acceptors (Lipinski definition) is 4. The first-order valence-corrected chi connectivity index (χ1v) is 10.2. The van der Waals surface area contributed by atoms with Gasteiger partial charge in [0.25, 0.3) is 0 Å². The highest BCUT2D eigenvalue weighted by molar-refractivity contribution is 5.82. The normalized spacial score (nSPS) is 21.0. The number of nitrogens with one attached hydrogen (secondary N) is 1. The fraction of sp³-hybridized carbons (Fsp3) is 0.571. The highest BCUT2D eigenvalue weighted by Gasteiger charge is 2.30. The van der Waals surface area contributed by atoms with E-state index in [1.54, 1.807) is 0 Å². The number of carbonyl (C=O) groups excluding carboxylic acids is 1. The van der Waals surface area contributed by atoms with Gasteiger partial charge in [-0.2, -0.15) is 0 Å². The number of fused-ring (bicyclic) bond motifs is 1. The molecule has 1 aliphatic carbocycles. The summed E-state index contributed by atoms with van der Waals surface area (Å²) < 4.78 is 2.17. The van der Waals surface area contributed by atoms with E-state index in [-0.39, 0.29) is 11.9 Å². The molecule has 1 aliphatic heterocycles. The average molecular weight is 367 g/mol. The number of amides is 1. The molecule has 1 aromatic heterocycles. The van der Waals surface area contributed by atoms with Gasteiger partial charge in [0.05, 0.1) is 12.6 Å². The molecule has 0 unspecified atom stereocenters. The molecule has 2 aliphatic rings. The molecule has 1 N–H and O–H groups in total. The van der Waals surface area contributed by atoms with Gasteiger partial charge in [-0.05, 0) is 36.9 Å². The Bertz CT molecular complexity index is 780. The van der Waals surface area contributed by atoms with Crippen LogP contribution in [0.15, 0.2) is 30.6 Å². The van der Waals surface area contributed by atoms with Crippen molar-refractivity contribution < 1.29 is 4.79 Å². The summed E-state index contributed by atoms with van der Waals surface area (Å²) in [6.07, 6.45) is 8.81. The van der Waals surface area contributed by atoms with Crippen molar-refractivity contribution in [1.82, 2.24) is 25.0 Å². The Hall–Kier alpha value is -2.21. The quantitative estimate of drug-likeness (QED) is 0.883. The number of nitrogens with zero attached hydrogens (tertiary/aromatic N) is 4. The molecule has 0 radical (unpaired) electrons. The van der Waals surface area contributed by atoms with Crippen molar-refractivity contribution in [3.63, 3.8) is 0 Å². The standard InChI is InChI=1S/C21H29N5O/c1-2-25-14-17-9-7-6-8-16(17)12-19(25)21(27)22-13-20-24-23-15-26(20)18-10-4-3-5-11-18/h6-9,15,18-19H,2-5,10-14H2,1H3,(H,22,27)/t19-/m1/s1. The maximum atomic E-state index is 12.9. The molecule has 1 atom stereocenters. The van der Waals surface area contributed by atoms with Crippen LogP contribution in [0.1, 0.15) is 62.0 Å². The molecule has 1 amide bonds. The topological polar surface area (TPSA) is 63.1 Å². The molecule has 0 bridgehead atoms. The molecule has 2 aromatic rings. The lowest BCUT2D eigenvalue weighted by Crippen LogP contribution is -2.50. The molecule has 1 fully saturated rings. The fourth-order valence-electron chi connectivity index (χ4n) is 4.51. The van der Waals surface area contributed by atoms with Crippen LogP contribution in [0.4, 0.5) is 0 Å². The molecule has 4 rings (SSSR count). The maximum absolute atomic E-state index is 12.9. The molecule has 0 spiro atoms. The van der Waals surface area contributed by atoms with Crippen molar-refractivity contribution in [2.75, 3.05) is 6.54 Å². The maximum Gasteiger partial charge on any atom is 0.238 e. The van der Waals surface area contributed by atoms with Gasteiger partial charge >= 0.3 is 0 Å². The third-order valence-corrected chi connectivity index (χ3v) is 6.09. The summed E-state index contributed by atoms with van der Waals surface area (Å²) in [6, 6.07) is 8.80. The van der Waals surface area contributed by atoms with Gasteiger partial charge in [-0.1, -0.05) is 50.5 Å². The Morgan fingerprint density at radius 2 is 1.96 bits per heavy atom. The van der Waals surface area contributed by atoms with Crippen LogP contribution >= 0.6 is 0 Å². The Morgan fingerprint density at radius 3 is 2.74 bits per heavy atom. The predicted molar refractivity (Wildman–Crippen MR) is 104 cm³/mol. The summed E-state index contributed by atoms with van der Waals surface area (Å²) in [6.45, 7) is 4.27. The molecular weight excluding hydrogens is 338 g/mol. The first-order chi connectivity index (χ1) is 13.3. The highest BCUT2D eigenvalue weighted by atomic mass is 16.2. The smallest absolute Gasteiger partial charge is 0.238 e. The number of rotatable bonds is 5. The first kappa shape index (κ1) is 18.2. The van der Waals surface area contributed by atoms with Gasteiger partial charge < -0.3 is 9.88 Å². The Morgan fingerprint density at radius 1 is 1.19 bits per heavy atom. The average Bonchev–Trinajstić information content (AvgIpc) is 3.20. The second-order valence-corrected chi connectivity index (χ2v) is 7.72. The summed E-state index contributed by atoms with van der Waals surface area (Å²) in [4.78, 5) is 15.2. The number of likely N-dealkylation sites (N-methyl/N-ethyl adjacent to an activating group) is 1. The summed E-state index contributed by atoms with van der Waals surface area (Å²) >= 11 is 0. The van der Waals surface area contributed by atoms with Gasteiger partial charge in [0, 0.05) is 12.6 Å². The van der Waals surface area contributed by atoms with E-state index in [4.69, 9.17) is 0 Å². The molecule has 6 nitrogen and oxygen atoms in total. The lowest BCUT2D eigenvalue weighted by molar-refractivity contribution is -0.127. The number of benzene rings is 1. The summed E-state index contributed by atoms with van der Waals surface area (Å²) in [5.74, 6) is 0.957. The lowest BCUT2D eigenvalue weighted by atomic mass is 9.93. The van der Waals surface area contributed by atoms with Crippen LogP contribution in [0.3, 0.4) is 0 Å². The van der Waals surface area contributed by atoms with Crippen LogP contribution in [0.25, 0.3) is 0 Å². The monoisotopic (exact) mass is 367 g/mol. The van der Waals surface area contributed by atoms with Gasteiger partial charge in [-0.15, -0.1) is 10.2 Å². The van der Waals surface area contributed by atoms with E-state index in [1.807, 2.05) is 6.33 Å². The van der Waals surface area contributed by atoms with Crippen molar-refractivity contribution in [1.29, 1.82) is 0 Å². The third kappa shape index (κ3) is 3.90. The van der Waals surface area contributed by atoms with Gasteiger partial charge in [0.2, 0.25) is 5.91 Å². The first-order valence-electron chi connectivity index (χ1n) is 10.2. The second-order valence-electron chi connectivity index (χ2n) is 7.72. The zero-order valence-electron chi connectivity index (χ0n) is 16.1. The van der Waals surface area contributed by atoms with Crippen molar-refractivity contribution in [2.45, 2.75) is 70.6 Å². The van der Waals surface area contributed by atoms with Gasteiger partial charge in [-0.25, -0.2) is 0 Å². The van der Waals surface area contributed by atoms with E-state index in [2.05, 4.69) is 56.2 Å². The van der Waals surface area contributed by atoms with Crippen LogP contribution in [0, 0.1) is 0 Å². The molecule has 1 saturated carbocycles. The minimum absolute atomic E-state index is 0.0875. The zero-order chi connectivity index (χ0) is 18.6. The second kappa shape index (κ2) is 8.21. The van der Waals surface area contributed by atoms with E-state index in [1.165, 1.54) is 43.2 Å². The lowest BCUT2D eigenvalue weighted by Gasteiger charge is -2.35. The summed E-state index contributed by atoms with van der Waals surface area (Å²) in [5.41, 5.74) is 2.62. The van der Waals surface area contributed by atoms with Gasteiger partial charge in [-0.3, -0.25) is 9.69 Å². The molecule has 1 aromatic carbocycles. The Balaban J connectivity index is 1.42. The molecule has 144 valence electrons. The Labute approximate surface area is 161 Å². The van der Waals surface area contributed by atoms with E-state index >= 15 is 0 Å². The summed E-state index contributed by atoms with van der Waals surface area (Å²) in [7, 11) is 0. The van der Waals surface area contributed by atoms with E-state index in [0.717, 1.165) is 25.3 Å². The minimum Gasteiger partial charge on any atom is -0.347 e. The molecule has 2 heterocycles. The van der Waals surface area contributed by atoms with Gasteiger partial charge in [0.15, 0.2) is 5.82 Å². The molecule has 0 saturated heterocycles. The van der Waals surface area contributed by atoms with Crippen LogP contribution < -0.4 is 5.32 Å². The Kier molecular flexibility index (Phi) is 5.53. The number of carbonyl (C=O) groups is 1. The van der Waals surface area contributed by atoms with Gasteiger partial charge in [0.1, 0.15) is 6.33 Å². The van der Waals surface area contributed by atoms with Crippen molar-refractivity contribution >= 4 is 5.91 Å². The van der Waals surface area contributed by atoms with Crippen molar-refractivity contribution in [3.8, 4) is 0 Å². The molecule has 27 heavy (non-hydrogen) atoms. The highest BCUT2D eigenvalue weighted by Crippen LogP contribution is 2.28. The molecular formula is C21H29N5O. The predicted octanol–water partition coefficient (Wildman–Crippen LogP) is 2.85.